The van der Waals surface area contributed by atoms with Crippen LogP contribution in [0.2, 0.25) is 0 Å². The van der Waals surface area contributed by atoms with Crippen LogP contribution in [-0.4, -0.2) is 12.1 Å². The van der Waals surface area contributed by atoms with E-state index in [2.05, 4.69) is 39.8 Å². The molecule has 0 radical (unpaired) electrons. The Kier molecular flexibility index (Phi) is 6.03. The molecule has 0 aromatic rings. The van der Waals surface area contributed by atoms with Gasteiger partial charge in [0.05, 0.1) is 17.6 Å². The van der Waals surface area contributed by atoms with Crippen LogP contribution in [0, 0.1) is 73.4 Å². The van der Waals surface area contributed by atoms with Crippen LogP contribution >= 0.6 is 0 Å². The van der Waals surface area contributed by atoms with Gasteiger partial charge in [0, 0.05) is 22.3 Å². The predicted molar refractivity (Wildman–Crippen MR) is 137 cm³/mol. The molecule has 4 heteroatoms. The van der Waals surface area contributed by atoms with Gasteiger partial charge in [0.1, 0.15) is 6.29 Å². The van der Waals surface area contributed by atoms with Gasteiger partial charge in [-0.1, -0.05) is 53.2 Å². The van der Waals surface area contributed by atoms with Crippen molar-refractivity contribution in [2.24, 2.45) is 50.7 Å². The van der Waals surface area contributed by atoms with Crippen molar-refractivity contribution >= 4 is 12.1 Å². The summed E-state index contributed by atoms with van der Waals surface area (Å²) in [6.45, 7) is 14.8. The number of ketones is 1. The maximum Gasteiger partial charge on any atom is 0.159 e. The lowest BCUT2D eigenvalue weighted by Crippen LogP contribution is -2.59. The molecule has 3 saturated carbocycles. The van der Waals surface area contributed by atoms with Crippen molar-refractivity contribution in [3.05, 3.63) is 23.3 Å². The third-order valence-electron chi connectivity index (χ3n) is 10.9. The number of nitriles is 2. The number of fused-ring (bicyclic) bond motifs is 5. The van der Waals surface area contributed by atoms with E-state index >= 15 is 0 Å². The van der Waals surface area contributed by atoms with E-state index in [-0.39, 0.29) is 45.7 Å². The Balaban J connectivity index is 1.89. The maximum absolute atomic E-state index is 14.1. The lowest BCUT2D eigenvalue weighted by molar-refractivity contribution is -0.141. The first kappa shape index (κ1) is 25.9. The third kappa shape index (κ3) is 3.75. The number of aldehydes is 1. The van der Waals surface area contributed by atoms with Gasteiger partial charge in [-0.25, -0.2) is 0 Å². The molecule has 0 aromatic heterocycles. The summed E-state index contributed by atoms with van der Waals surface area (Å²) in [5, 5.41) is 20.0. The van der Waals surface area contributed by atoms with Gasteiger partial charge in [0.2, 0.25) is 0 Å². The minimum atomic E-state index is -0.570. The summed E-state index contributed by atoms with van der Waals surface area (Å²) in [7, 11) is 0. The Morgan fingerprint density at radius 2 is 1.74 bits per heavy atom. The van der Waals surface area contributed by atoms with Crippen molar-refractivity contribution in [3.8, 4) is 12.1 Å². The van der Waals surface area contributed by atoms with Crippen molar-refractivity contribution in [2.45, 2.75) is 93.4 Å². The highest BCUT2D eigenvalue weighted by Crippen LogP contribution is 2.69. The molecule has 0 N–H and O–H groups in total. The second-order valence-electron chi connectivity index (χ2n) is 14.0. The number of hydrogen-bond acceptors (Lipinski definition) is 4. The van der Waals surface area contributed by atoms with Crippen molar-refractivity contribution in [2.75, 3.05) is 0 Å². The van der Waals surface area contributed by atoms with Crippen molar-refractivity contribution in [1.82, 2.24) is 0 Å². The second kappa shape index (κ2) is 8.16. The molecule has 0 amide bonds. The zero-order chi connectivity index (χ0) is 26.0. The maximum atomic E-state index is 14.1. The SMILES string of the molecule is C/C(C#N)=C\C1(C)C2=CC(=O)[C@@H]3C4CC(C)(C)CCC4(C#N)CCC3C2(C)CCC1C(C)(C)C=O. The molecule has 0 aromatic carbocycles. The van der Waals surface area contributed by atoms with E-state index in [9.17, 15) is 20.1 Å². The van der Waals surface area contributed by atoms with E-state index in [1.54, 1.807) is 0 Å². The van der Waals surface area contributed by atoms with Gasteiger partial charge < -0.3 is 4.79 Å². The Bertz CT molecular complexity index is 1080. The minimum Gasteiger partial charge on any atom is -0.303 e. The third-order valence-corrected chi connectivity index (χ3v) is 10.9. The predicted octanol–water partition coefficient (Wildman–Crippen LogP) is 6.98. The smallest absolute Gasteiger partial charge is 0.159 e. The van der Waals surface area contributed by atoms with Crippen LogP contribution in [0.25, 0.3) is 0 Å². The Hall–Kier alpha value is -2.20. The summed E-state index contributed by atoms with van der Waals surface area (Å²) in [6, 6.07) is 5.01. The number of allylic oxidation sites excluding steroid dienone is 4. The summed E-state index contributed by atoms with van der Waals surface area (Å²) in [4.78, 5) is 26.3. The largest absolute Gasteiger partial charge is 0.303 e. The molecule has 0 bridgehead atoms. The molecule has 7 atom stereocenters. The van der Waals surface area contributed by atoms with Crippen LogP contribution in [0.4, 0.5) is 0 Å². The van der Waals surface area contributed by atoms with Crippen LogP contribution in [0.5, 0.6) is 0 Å². The minimum absolute atomic E-state index is 0.00915. The lowest BCUT2D eigenvalue weighted by Gasteiger charge is -2.63. The molecule has 3 fully saturated rings. The van der Waals surface area contributed by atoms with Crippen LogP contribution < -0.4 is 0 Å². The highest BCUT2D eigenvalue weighted by Gasteiger charge is 2.64. The number of rotatable bonds is 3. The van der Waals surface area contributed by atoms with Crippen LogP contribution in [0.3, 0.4) is 0 Å². The average molecular weight is 475 g/mol. The van der Waals surface area contributed by atoms with E-state index < -0.39 is 10.8 Å². The van der Waals surface area contributed by atoms with Gasteiger partial charge in [-0.2, -0.15) is 10.5 Å². The summed E-state index contributed by atoms with van der Waals surface area (Å²) in [5.74, 6) is 0.366. The number of nitrogens with zero attached hydrogens (tertiary/aromatic N) is 2. The van der Waals surface area contributed by atoms with Crippen LogP contribution in [0.15, 0.2) is 23.3 Å². The van der Waals surface area contributed by atoms with Crippen molar-refractivity contribution < 1.29 is 9.59 Å². The number of carbonyl (C=O) groups excluding carboxylic acids is 2. The fraction of sp³-hybridized carbons (Fsp3) is 0.742. The van der Waals surface area contributed by atoms with Gasteiger partial charge in [-0.15, -0.1) is 0 Å². The molecule has 0 heterocycles. The molecule has 4 aliphatic carbocycles. The van der Waals surface area contributed by atoms with Gasteiger partial charge in [0.25, 0.3) is 0 Å². The molecule has 6 unspecified atom stereocenters. The van der Waals surface area contributed by atoms with E-state index in [1.165, 1.54) is 0 Å². The summed E-state index contributed by atoms with van der Waals surface area (Å²) in [5.41, 5.74) is 0.192. The summed E-state index contributed by atoms with van der Waals surface area (Å²) < 4.78 is 0. The van der Waals surface area contributed by atoms with Gasteiger partial charge in [-0.05, 0) is 86.5 Å². The van der Waals surface area contributed by atoms with E-state index in [0.717, 1.165) is 56.8 Å². The molecule has 4 aliphatic rings. The topological polar surface area (TPSA) is 81.7 Å². The Morgan fingerprint density at radius 3 is 2.34 bits per heavy atom. The van der Waals surface area contributed by atoms with Crippen LogP contribution in [-0.2, 0) is 9.59 Å². The summed E-state index contributed by atoms with van der Waals surface area (Å²) >= 11 is 0. The van der Waals surface area contributed by atoms with Crippen molar-refractivity contribution in [3.63, 3.8) is 0 Å². The normalized spacial score (nSPS) is 42.9. The standard InChI is InChI=1S/C31H42N2O2/c1-20(17-32)15-30(7)24(28(4,5)19-34)9-10-29(6)21-8-11-31(18-33)13-12-27(2,3)16-22(31)26(21)23(35)14-25(29)30/h14-15,19,21-22,24,26H,8-13,16H2,1-7H3/b20-15+/t21?,22?,24?,26-,29?,30?,31?/m0/s1. The number of hydrogen-bond donors (Lipinski definition) is 0. The molecular weight excluding hydrogens is 432 g/mol. The molecule has 35 heavy (non-hydrogen) atoms. The van der Waals surface area contributed by atoms with E-state index in [1.807, 2.05) is 32.9 Å². The zero-order valence-corrected chi connectivity index (χ0v) is 22.7. The van der Waals surface area contributed by atoms with E-state index in [4.69, 9.17) is 0 Å². The highest BCUT2D eigenvalue weighted by atomic mass is 16.1. The van der Waals surface area contributed by atoms with Crippen LogP contribution in [0.1, 0.15) is 93.4 Å². The highest BCUT2D eigenvalue weighted by molar-refractivity contribution is 5.95. The Morgan fingerprint density at radius 1 is 1.06 bits per heavy atom. The molecule has 4 rings (SSSR count). The van der Waals surface area contributed by atoms with Gasteiger partial charge in [0.15, 0.2) is 5.78 Å². The Labute approximate surface area is 211 Å². The average Bonchev–Trinajstić information content (AvgIpc) is 2.79. The quantitative estimate of drug-likeness (QED) is 0.326. The molecule has 0 spiro atoms. The van der Waals surface area contributed by atoms with E-state index in [0.29, 0.717) is 5.57 Å². The zero-order valence-electron chi connectivity index (χ0n) is 22.7. The first-order valence-electron chi connectivity index (χ1n) is 13.4. The second-order valence-corrected chi connectivity index (χ2v) is 14.0. The molecular formula is C31H42N2O2. The fourth-order valence-electron chi connectivity index (χ4n) is 9.11. The molecule has 0 aliphatic heterocycles. The molecule has 0 saturated heterocycles. The van der Waals surface area contributed by atoms with Gasteiger partial charge in [-0.3, -0.25) is 4.79 Å². The molecule has 4 nitrogen and oxygen atoms in total. The first-order chi connectivity index (χ1) is 16.2. The first-order valence-corrected chi connectivity index (χ1v) is 13.4. The van der Waals surface area contributed by atoms with Crippen molar-refractivity contribution in [1.29, 1.82) is 10.5 Å². The number of carbonyl (C=O) groups is 2. The molecule has 188 valence electrons. The fourth-order valence-corrected chi connectivity index (χ4v) is 9.11. The lowest BCUT2D eigenvalue weighted by atomic mass is 9.39. The van der Waals surface area contributed by atoms with Gasteiger partial charge >= 0.3 is 0 Å². The monoisotopic (exact) mass is 474 g/mol. The summed E-state index contributed by atoms with van der Waals surface area (Å²) in [6.07, 6.45) is 11.4.